The molecule has 0 atom stereocenters. The molecule has 2 aromatic rings. The molecule has 0 radical (unpaired) electrons. The smallest absolute Gasteiger partial charge is 0.213 e. The Hall–Kier alpha value is 0.981. The summed E-state index contributed by atoms with van der Waals surface area (Å²) in [6, 6.07) is 11.2. The van der Waals surface area contributed by atoms with Gasteiger partial charge in [-0.15, -0.1) is 5.39 Å². The predicted molar refractivity (Wildman–Crippen MR) is 46.5 cm³/mol. The molecule has 60 valence electrons. The van der Waals surface area contributed by atoms with E-state index >= 15 is 0 Å². The van der Waals surface area contributed by atoms with E-state index in [-0.39, 0.29) is 31.3 Å². The molecule has 0 nitrogen and oxygen atoms in total. The van der Waals surface area contributed by atoms with E-state index in [1.807, 2.05) is 12.1 Å². The first kappa shape index (κ1) is 16.4. The Balaban J connectivity index is 0. The summed E-state index contributed by atoms with van der Waals surface area (Å²) in [5, 5.41) is 3.41. The van der Waals surface area contributed by atoms with E-state index in [4.69, 9.17) is 9.69 Å². The van der Waals surface area contributed by atoms with Gasteiger partial charge in [0.1, 0.15) is 0 Å². The zero-order valence-electron chi connectivity index (χ0n) is 7.26. The first-order valence-corrected chi connectivity index (χ1v) is 7.85. The molecule has 1 aromatic heterocycles. The van der Waals surface area contributed by atoms with E-state index in [1.54, 1.807) is 11.3 Å². The van der Waals surface area contributed by atoms with Gasteiger partial charge in [-0.05, 0) is 5.38 Å². The van der Waals surface area contributed by atoms with E-state index in [0.717, 1.165) is 17.3 Å². The monoisotopic (exact) mass is 274 g/mol. The van der Waals surface area contributed by atoms with Crippen LogP contribution in [0.2, 0.25) is 0 Å². The van der Waals surface area contributed by atoms with Crippen LogP contribution in [0.3, 0.4) is 0 Å². The number of benzene rings is 1. The summed E-state index contributed by atoms with van der Waals surface area (Å²) >= 11 is 2.60. The van der Waals surface area contributed by atoms with Gasteiger partial charge < -0.3 is 12.4 Å². The maximum absolute atomic E-state index is 4.76. The van der Waals surface area contributed by atoms with Crippen molar-refractivity contribution < 1.29 is 48.6 Å². The third-order valence-corrected chi connectivity index (χ3v) is 2.18. The summed E-state index contributed by atoms with van der Waals surface area (Å²) < 4.78 is 1.32. The van der Waals surface area contributed by atoms with Crippen LogP contribution in [0.15, 0.2) is 29.6 Å². The van der Waals surface area contributed by atoms with Crippen molar-refractivity contribution in [1.82, 2.24) is 0 Å². The Morgan fingerprint density at radius 3 is 2.62 bits per heavy atom. The molecule has 0 bridgehead atoms. The molecule has 0 saturated carbocycles. The summed E-state index contributed by atoms with van der Waals surface area (Å²) in [5.41, 5.74) is 0. The van der Waals surface area contributed by atoms with Crippen LogP contribution in [0.5, 0.6) is 0 Å². The van der Waals surface area contributed by atoms with E-state index in [0.29, 0.717) is 0 Å². The maximum Gasteiger partial charge on any atom is 1.00 e. The first-order chi connectivity index (χ1) is 5.47. The fourth-order valence-electron chi connectivity index (χ4n) is 0.848. The fraction of sp³-hybridized carbons (Fsp3) is 0. The zero-order valence-corrected chi connectivity index (χ0v) is 12.6. The normalized spacial score (nSPS) is 7.62. The SMILES string of the molecule is [Cl-].[Cl][Zn+].[Li+].[c-]1ccc2ccsc2c1. The van der Waals surface area contributed by atoms with Crippen LogP contribution >= 0.6 is 21.0 Å². The number of rotatable bonds is 0. The Bertz CT molecular complexity index is 296. The van der Waals surface area contributed by atoms with Gasteiger partial charge in [0.15, 0.2) is 0 Å². The van der Waals surface area contributed by atoms with Gasteiger partial charge in [-0.25, -0.2) is 11.3 Å². The predicted octanol–water partition coefficient (Wildman–Crippen LogP) is -2.60. The summed E-state index contributed by atoms with van der Waals surface area (Å²) in [5.74, 6) is 0. The number of fused-ring (bicyclic) bond motifs is 1. The van der Waals surface area contributed by atoms with E-state index < -0.39 is 0 Å². The molecule has 0 fully saturated rings. The van der Waals surface area contributed by atoms with Crippen LogP contribution in [-0.2, 0) is 17.3 Å². The van der Waals surface area contributed by atoms with Gasteiger partial charge in [0.05, 0.1) is 0 Å². The number of thiophene rings is 1. The third kappa shape index (κ3) is 4.84. The van der Waals surface area contributed by atoms with Crippen molar-refractivity contribution in [1.29, 1.82) is 0 Å². The second-order valence-corrected chi connectivity index (χ2v) is 2.83. The van der Waals surface area contributed by atoms with Crippen LogP contribution < -0.4 is 31.3 Å². The van der Waals surface area contributed by atoms with Crippen LogP contribution in [0.25, 0.3) is 10.1 Å². The summed E-state index contributed by atoms with van der Waals surface area (Å²) in [4.78, 5) is 0. The molecule has 13 heavy (non-hydrogen) atoms. The minimum atomic E-state index is 0. The fourth-order valence-corrected chi connectivity index (χ4v) is 1.62. The van der Waals surface area contributed by atoms with Crippen molar-refractivity contribution in [3.05, 3.63) is 35.7 Å². The minimum absolute atomic E-state index is 0. The third-order valence-electron chi connectivity index (χ3n) is 1.30. The van der Waals surface area contributed by atoms with E-state index in [9.17, 15) is 0 Å². The molecular formula is C8H5Cl2LiSZn. The average Bonchev–Trinajstić information content (AvgIpc) is 2.55. The topological polar surface area (TPSA) is 0 Å². The Morgan fingerprint density at radius 2 is 2.00 bits per heavy atom. The van der Waals surface area contributed by atoms with E-state index in [1.165, 1.54) is 10.1 Å². The summed E-state index contributed by atoms with van der Waals surface area (Å²) in [6.07, 6.45) is 0. The molecule has 0 spiro atoms. The van der Waals surface area contributed by atoms with Crippen molar-refractivity contribution in [2.45, 2.75) is 0 Å². The number of hydrogen-bond donors (Lipinski definition) is 0. The van der Waals surface area contributed by atoms with Gasteiger partial charge in [0.2, 0.25) is 0 Å². The van der Waals surface area contributed by atoms with Crippen molar-refractivity contribution in [3.63, 3.8) is 0 Å². The van der Waals surface area contributed by atoms with Gasteiger partial charge in [-0.1, -0.05) is 10.8 Å². The molecule has 0 aliphatic rings. The van der Waals surface area contributed by atoms with Crippen LogP contribution in [0, 0.1) is 6.07 Å². The first-order valence-electron chi connectivity index (χ1n) is 3.07. The van der Waals surface area contributed by atoms with E-state index in [2.05, 4.69) is 23.6 Å². The van der Waals surface area contributed by atoms with Crippen LogP contribution in [0.4, 0.5) is 0 Å². The molecule has 0 saturated heterocycles. The summed E-state index contributed by atoms with van der Waals surface area (Å²) in [6.45, 7) is 0. The van der Waals surface area contributed by atoms with Gasteiger partial charge in [-0.2, -0.15) is 24.3 Å². The Labute approximate surface area is 114 Å². The Kier molecular flexibility index (Phi) is 12.0. The van der Waals surface area contributed by atoms with Gasteiger partial charge >= 0.3 is 45.9 Å². The molecule has 0 aliphatic heterocycles. The van der Waals surface area contributed by atoms with Crippen molar-refractivity contribution >= 4 is 31.1 Å². The van der Waals surface area contributed by atoms with Crippen LogP contribution in [0.1, 0.15) is 0 Å². The molecule has 0 aliphatic carbocycles. The minimum Gasteiger partial charge on any atom is -0.213 e. The molecule has 0 unspecified atom stereocenters. The molecule has 0 N–H and O–H groups in total. The summed E-state index contributed by atoms with van der Waals surface area (Å²) in [7, 11) is 4.76. The number of hydrogen-bond acceptors (Lipinski definition) is 1. The zero-order chi connectivity index (χ0) is 8.10. The maximum atomic E-state index is 4.76. The Morgan fingerprint density at radius 1 is 1.31 bits per heavy atom. The standard InChI is InChI=1S/C8H5S.2ClH.Li.Zn/c1-2-4-8-7(3-1)5-6-9-8;;;;/h1,3-6H;2*1H;;/q-1;;;+1;+2/p-2. The molecule has 1 heterocycles. The van der Waals surface area contributed by atoms with Crippen molar-refractivity contribution in [2.75, 3.05) is 0 Å². The second-order valence-electron chi connectivity index (χ2n) is 1.88. The molecule has 2 rings (SSSR count). The molecular weight excluding hydrogens is 271 g/mol. The van der Waals surface area contributed by atoms with Gasteiger partial charge in [0, 0.05) is 0 Å². The van der Waals surface area contributed by atoms with Crippen molar-refractivity contribution in [2.24, 2.45) is 0 Å². The van der Waals surface area contributed by atoms with Crippen molar-refractivity contribution in [3.8, 4) is 0 Å². The van der Waals surface area contributed by atoms with Gasteiger partial charge in [0.25, 0.3) is 0 Å². The molecule has 0 amide bonds. The quantitative estimate of drug-likeness (QED) is 0.366. The average molecular weight is 276 g/mol. The number of halogens is 2. The van der Waals surface area contributed by atoms with Crippen LogP contribution in [-0.4, -0.2) is 0 Å². The van der Waals surface area contributed by atoms with Gasteiger partial charge in [-0.3, -0.25) is 0 Å². The largest absolute Gasteiger partial charge is 1.00 e. The molecule has 5 heteroatoms. The molecule has 1 aromatic carbocycles. The second kappa shape index (κ2) is 9.53.